The molecule has 180 valence electrons. The fourth-order valence-corrected chi connectivity index (χ4v) is 4.07. The SMILES string of the molecule is CCc1ccc(CNc2cnc3c(c2)c(NC(=O)CCc2ccccc2)c(C(=O)OC)n3C)cc1. The van der Waals surface area contributed by atoms with Gasteiger partial charge in [0.05, 0.1) is 24.7 Å². The topological polar surface area (TPSA) is 85.2 Å². The van der Waals surface area contributed by atoms with E-state index in [0.29, 0.717) is 36.1 Å². The van der Waals surface area contributed by atoms with Crippen molar-refractivity contribution in [2.45, 2.75) is 32.7 Å². The predicted molar refractivity (Wildman–Crippen MR) is 139 cm³/mol. The van der Waals surface area contributed by atoms with Gasteiger partial charge in [-0.15, -0.1) is 0 Å². The molecule has 0 aliphatic heterocycles. The summed E-state index contributed by atoms with van der Waals surface area (Å²) in [6.07, 6.45) is 3.63. The molecule has 4 aromatic rings. The number of fused-ring (bicyclic) bond motifs is 1. The number of carbonyl (C=O) groups is 2. The maximum Gasteiger partial charge on any atom is 0.356 e. The predicted octanol–water partition coefficient (Wildman–Crippen LogP) is 5.11. The number of anilines is 2. The number of nitrogens with one attached hydrogen (secondary N) is 2. The van der Waals surface area contributed by atoms with Gasteiger partial charge in [0.2, 0.25) is 5.91 Å². The highest BCUT2D eigenvalue weighted by Crippen LogP contribution is 2.32. The summed E-state index contributed by atoms with van der Waals surface area (Å²) in [6.45, 7) is 2.77. The van der Waals surface area contributed by atoms with Gasteiger partial charge in [-0.25, -0.2) is 9.78 Å². The van der Waals surface area contributed by atoms with Gasteiger partial charge in [0.15, 0.2) is 5.69 Å². The van der Waals surface area contributed by atoms with Crippen molar-refractivity contribution in [3.63, 3.8) is 0 Å². The number of aryl methyl sites for hydroxylation is 3. The van der Waals surface area contributed by atoms with Crippen LogP contribution in [0.15, 0.2) is 66.9 Å². The molecule has 0 aliphatic carbocycles. The third kappa shape index (κ3) is 5.51. The number of esters is 1. The molecule has 2 N–H and O–H groups in total. The van der Waals surface area contributed by atoms with Crippen LogP contribution < -0.4 is 10.6 Å². The Labute approximate surface area is 205 Å². The highest BCUT2D eigenvalue weighted by Gasteiger charge is 2.24. The lowest BCUT2D eigenvalue weighted by Crippen LogP contribution is -2.16. The number of hydrogen-bond acceptors (Lipinski definition) is 5. The second-order valence-electron chi connectivity index (χ2n) is 8.43. The Morgan fingerprint density at radius 3 is 2.40 bits per heavy atom. The number of hydrogen-bond donors (Lipinski definition) is 2. The minimum atomic E-state index is -0.533. The van der Waals surface area contributed by atoms with E-state index in [4.69, 9.17) is 4.74 Å². The molecule has 2 aromatic heterocycles. The minimum absolute atomic E-state index is 0.180. The number of aromatic nitrogens is 2. The van der Waals surface area contributed by atoms with E-state index in [0.717, 1.165) is 23.2 Å². The van der Waals surface area contributed by atoms with Crippen LogP contribution in [-0.2, 0) is 36.0 Å². The van der Waals surface area contributed by atoms with Gasteiger partial charge in [0.25, 0.3) is 0 Å². The summed E-state index contributed by atoms with van der Waals surface area (Å²) in [5, 5.41) is 7.01. The summed E-state index contributed by atoms with van der Waals surface area (Å²) >= 11 is 0. The zero-order valence-corrected chi connectivity index (χ0v) is 20.3. The highest BCUT2D eigenvalue weighted by molar-refractivity contribution is 6.11. The molecule has 7 nitrogen and oxygen atoms in total. The Kier molecular flexibility index (Phi) is 7.45. The van der Waals surface area contributed by atoms with Crippen LogP contribution in [0.2, 0.25) is 0 Å². The van der Waals surface area contributed by atoms with E-state index in [9.17, 15) is 9.59 Å². The number of methoxy groups -OCH3 is 1. The van der Waals surface area contributed by atoms with E-state index in [1.54, 1.807) is 17.8 Å². The Morgan fingerprint density at radius 1 is 1.00 bits per heavy atom. The highest BCUT2D eigenvalue weighted by atomic mass is 16.5. The number of nitrogens with zero attached hydrogens (tertiary/aromatic N) is 2. The second-order valence-corrected chi connectivity index (χ2v) is 8.43. The van der Waals surface area contributed by atoms with Gasteiger partial charge in [0.1, 0.15) is 5.65 Å². The van der Waals surface area contributed by atoms with Crippen LogP contribution in [0.3, 0.4) is 0 Å². The minimum Gasteiger partial charge on any atom is -0.464 e. The molecule has 0 fully saturated rings. The molecule has 0 bridgehead atoms. The molecule has 2 aromatic carbocycles. The first-order chi connectivity index (χ1) is 17.0. The first-order valence-corrected chi connectivity index (χ1v) is 11.7. The van der Waals surface area contributed by atoms with Crippen LogP contribution in [0.4, 0.5) is 11.4 Å². The number of ether oxygens (including phenoxy) is 1. The zero-order valence-electron chi connectivity index (χ0n) is 20.3. The van der Waals surface area contributed by atoms with Crippen molar-refractivity contribution in [1.29, 1.82) is 0 Å². The molecular formula is C28H30N4O3. The second kappa shape index (κ2) is 10.9. The lowest BCUT2D eigenvalue weighted by Gasteiger charge is -2.09. The molecule has 0 radical (unpaired) electrons. The van der Waals surface area contributed by atoms with Gasteiger partial charge in [-0.2, -0.15) is 0 Å². The van der Waals surface area contributed by atoms with Gasteiger partial charge >= 0.3 is 5.97 Å². The van der Waals surface area contributed by atoms with E-state index in [1.807, 2.05) is 36.4 Å². The van der Waals surface area contributed by atoms with E-state index in [2.05, 4.69) is 46.8 Å². The number of rotatable bonds is 9. The summed E-state index contributed by atoms with van der Waals surface area (Å²) in [6, 6.07) is 20.2. The van der Waals surface area contributed by atoms with Gasteiger partial charge in [-0.1, -0.05) is 61.5 Å². The molecule has 0 aliphatic rings. The van der Waals surface area contributed by atoms with Crippen molar-refractivity contribution in [3.8, 4) is 0 Å². The summed E-state index contributed by atoms with van der Waals surface area (Å²) in [4.78, 5) is 30.0. The summed E-state index contributed by atoms with van der Waals surface area (Å²) in [5.74, 6) is -0.713. The van der Waals surface area contributed by atoms with Gasteiger partial charge in [0, 0.05) is 25.4 Å². The molecule has 1 amide bonds. The van der Waals surface area contributed by atoms with Gasteiger partial charge in [-0.3, -0.25) is 4.79 Å². The fraction of sp³-hybridized carbons (Fsp3) is 0.250. The summed E-state index contributed by atoms with van der Waals surface area (Å²) in [7, 11) is 3.06. The van der Waals surface area contributed by atoms with Crippen LogP contribution in [-0.4, -0.2) is 28.5 Å². The normalized spacial score (nSPS) is 10.8. The molecule has 0 unspecified atom stereocenters. The lowest BCUT2D eigenvalue weighted by molar-refractivity contribution is -0.116. The van der Waals surface area contributed by atoms with Crippen molar-refractivity contribution in [1.82, 2.24) is 9.55 Å². The largest absolute Gasteiger partial charge is 0.464 e. The van der Waals surface area contributed by atoms with Crippen molar-refractivity contribution >= 4 is 34.3 Å². The molecule has 35 heavy (non-hydrogen) atoms. The Morgan fingerprint density at radius 2 is 1.71 bits per heavy atom. The van der Waals surface area contributed by atoms with Crippen molar-refractivity contribution in [3.05, 3.63) is 89.2 Å². The van der Waals surface area contributed by atoms with Crippen LogP contribution in [0.5, 0.6) is 0 Å². The van der Waals surface area contributed by atoms with Crippen LogP contribution in [0, 0.1) is 0 Å². The van der Waals surface area contributed by atoms with E-state index in [-0.39, 0.29) is 11.6 Å². The number of carbonyl (C=O) groups excluding carboxylic acids is 2. The molecule has 4 rings (SSSR count). The Balaban J connectivity index is 1.58. The van der Waals surface area contributed by atoms with Crippen LogP contribution >= 0.6 is 0 Å². The smallest absolute Gasteiger partial charge is 0.356 e. The lowest BCUT2D eigenvalue weighted by atomic mass is 10.1. The fourth-order valence-electron chi connectivity index (χ4n) is 4.07. The molecule has 0 saturated heterocycles. The van der Waals surface area contributed by atoms with Crippen LogP contribution in [0.1, 0.15) is 40.5 Å². The third-order valence-corrected chi connectivity index (χ3v) is 6.08. The Hall–Kier alpha value is -4.13. The van der Waals surface area contributed by atoms with Crippen LogP contribution in [0.25, 0.3) is 11.0 Å². The maximum absolute atomic E-state index is 12.8. The quantitative estimate of drug-likeness (QED) is 0.332. The van der Waals surface area contributed by atoms with Crippen molar-refractivity contribution < 1.29 is 14.3 Å². The molecule has 7 heteroatoms. The molecule has 0 saturated carbocycles. The number of benzene rings is 2. The summed E-state index contributed by atoms with van der Waals surface area (Å²) < 4.78 is 6.65. The Bertz CT molecular complexity index is 1330. The number of pyridine rings is 1. The molecule has 2 heterocycles. The molecule has 0 spiro atoms. The first-order valence-electron chi connectivity index (χ1n) is 11.7. The van der Waals surface area contributed by atoms with Gasteiger partial charge < -0.3 is 19.9 Å². The number of amides is 1. The zero-order chi connectivity index (χ0) is 24.8. The van der Waals surface area contributed by atoms with Crippen molar-refractivity contribution in [2.75, 3.05) is 17.7 Å². The van der Waals surface area contributed by atoms with Crippen molar-refractivity contribution in [2.24, 2.45) is 7.05 Å². The molecular weight excluding hydrogens is 440 g/mol. The standard InChI is InChI=1S/C28H30N4O3/c1-4-19-10-12-21(13-11-19)17-29-22-16-23-25(26(28(34)35-3)32(2)27(23)30-18-22)31-24(33)15-14-20-8-6-5-7-9-20/h5-13,16,18,29H,4,14-15,17H2,1-3H3,(H,31,33). The van der Waals surface area contributed by atoms with Gasteiger partial charge in [-0.05, 0) is 35.6 Å². The monoisotopic (exact) mass is 470 g/mol. The first kappa shape index (κ1) is 24.0. The average molecular weight is 471 g/mol. The van der Waals surface area contributed by atoms with E-state index in [1.165, 1.54) is 12.7 Å². The maximum atomic E-state index is 12.8. The summed E-state index contributed by atoms with van der Waals surface area (Å²) in [5.41, 5.74) is 5.57. The molecule has 0 atom stereocenters. The van der Waals surface area contributed by atoms with E-state index < -0.39 is 5.97 Å². The third-order valence-electron chi connectivity index (χ3n) is 6.08. The van der Waals surface area contributed by atoms with E-state index >= 15 is 0 Å². The average Bonchev–Trinajstić information content (AvgIpc) is 3.17.